The zero-order valence-electron chi connectivity index (χ0n) is 22.6. The van der Waals surface area contributed by atoms with Crippen molar-refractivity contribution in [3.05, 3.63) is 89.4 Å². The lowest BCUT2D eigenvalue weighted by atomic mass is 10.1. The molecule has 0 spiro atoms. The largest absolute Gasteiger partial charge is 0.497 e. The average molecular weight is 518 g/mol. The van der Waals surface area contributed by atoms with Crippen molar-refractivity contribution in [3.8, 4) is 5.75 Å². The number of hydrogen-bond acceptors (Lipinski definition) is 5. The predicted octanol–water partition coefficient (Wildman–Crippen LogP) is 4.80. The van der Waals surface area contributed by atoms with Crippen LogP contribution < -0.4 is 4.74 Å². The van der Waals surface area contributed by atoms with Crippen LogP contribution in [0.5, 0.6) is 5.75 Å². The average Bonchev–Trinajstić information content (AvgIpc) is 3.38. The highest BCUT2D eigenvalue weighted by Crippen LogP contribution is 2.16. The maximum absolute atomic E-state index is 13.7. The molecule has 0 saturated carbocycles. The topological polar surface area (TPSA) is 66.2 Å². The number of likely N-dealkylation sites (tertiary alicyclic amines) is 1. The second kappa shape index (κ2) is 13.8. The summed E-state index contributed by atoms with van der Waals surface area (Å²) >= 11 is 0. The fraction of sp³-hybridized carbons (Fsp3) is 0.419. The van der Waals surface area contributed by atoms with E-state index < -0.39 is 0 Å². The first kappa shape index (κ1) is 27.5. The van der Waals surface area contributed by atoms with Crippen LogP contribution in [0.3, 0.4) is 0 Å². The fourth-order valence-electron chi connectivity index (χ4n) is 4.84. The lowest BCUT2D eigenvalue weighted by Crippen LogP contribution is -2.46. The number of piperidine rings is 1. The molecular weight excluding hydrogens is 478 g/mol. The minimum atomic E-state index is -0.144. The first-order valence-electron chi connectivity index (χ1n) is 13.5. The minimum absolute atomic E-state index is 0.0210. The zero-order chi connectivity index (χ0) is 26.7. The molecule has 0 atom stereocenters. The van der Waals surface area contributed by atoms with Crippen LogP contribution in [0.25, 0.3) is 0 Å². The van der Waals surface area contributed by atoms with Gasteiger partial charge in [0.15, 0.2) is 0 Å². The molecule has 0 aliphatic carbocycles. The lowest BCUT2D eigenvalue weighted by Gasteiger charge is -2.31. The monoisotopic (exact) mass is 517 g/mol. The van der Waals surface area contributed by atoms with E-state index in [1.807, 2.05) is 37.3 Å². The minimum Gasteiger partial charge on any atom is -0.497 e. The number of rotatable bonds is 12. The van der Waals surface area contributed by atoms with Crippen molar-refractivity contribution >= 4 is 11.8 Å². The van der Waals surface area contributed by atoms with Gasteiger partial charge in [-0.3, -0.25) is 9.59 Å². The molecule has 1 fully saturated rings. The van der Waals surface area contributed by atoms with Crippen LogP contribution in [-0.4, -0.2) is 72.9 Å². The highest BCUT2D eigenvalue weighted by atomic mass is 16.5. The van der Waals surface area contributed by atoms with Crippen LogP contribution in [0.1, 0.15) is 46.7 Å². The molecule has 3 aromatic rings. The Labute approximate surface area is 226 Å². The van der Waals surface area contributed by atoms with Gasteiger partial charge in [0.05, 0.1) is 13.7 Å². The number of aryl methyl sites for hydroxylation is 1. The van der Waals surface area contributed by atoms with Crippen LogP contribution in [0.2, 0.25) is 0 Å². The molecule has 1 saturated heterocycles. The number of carbonyl (C=O) groups is 2. The number of methoxy groups -OCH3 is 1. The van der Waals surface area contributed by atoms with Gasteiger partial charge in [0.1, 0.15) is 23.8 Å². The third-order valence-corrected chi connectivity index (χ3v) is 7.09. The predicted molar refractivity (Wildman–Crippen MR) is 148 cm³/mol. The van der Waals surface area contributed by atoms with Crippen molar-refractivity contribution in [3.63, 3.8) is 0 Å². The Morgan fingerprint density at radius 3 is 2.29 bits per heavy atom. The van der Waals surface area contributed by atoms with Crippen LogP contribution in [-0.2, 0) is 17.8 Å². The zero-order valence-corrected chi connectivity index (χ0v) is 22.6. The Hall–Kier alpha value is -3.58. The van der Waals surface area contributed by atoms with E-state index >= 15 is 0 Å². The lowest BCUT2D eigenvalue weighted by molar-refractivity contribution is -0.132. The van der Waals surface area contributed by atoms with E-state index in [0.29, 0.717) is 30.9 Å². The van der Waals surface area contributed by atoms with Gasteiger partial charge in [0, 0.05) is 25.2 Å². The molecular formula is C31H39N3O4. The number of ether oxygens (including phenoxy) is 1. The van der Waals surface area contributed by atoms with E-state index in [2.05, 4.69) is 17.0 Å². The van der Waals surface area contributed by atoms with E-state index in [1.165, 1.54) is 19.3 Å². The second-order valence-electron chi connectivity index (χ2n) is 9.92. The van der Waals surface area contributed by atoms with E-state index in [9.17, 15) is 9.59 Å². The number of amides is 2. The van der Waals surface area contributed by atoms with Gasteiger partial charge in [-0.2, -0.15) is 0 Å². The van der Waals surface area contributed by atoms with Crippen LogP contribution >= 0.6 is 0 Å². The molecule has 38 heavy (non-hydrogen) atoms. The Balaban J connectivity index is 1.49. The van der Waals surface area contributed by atoms with E-state index in [4.69, 9.17) is 9.15 Å². The van der Waals surface area contributed by atoms with Gasteiger partial charge in [-0.1, -0.05) is 36.8 Å². The molecule has 0 unspecified atom stereocenters. The first-order chi connectivity index (χ1) is 18.5. The summed E-state index contributed by atoms with van der Waals surface area (Å²) in [5.74, 6) is 2.02. The molecule has 0 radical (unpaired) electrons. The van der Waals surface area contributed by atoms with Gasteiger partial charge in [-0.05, 0) is 81.2 Å². The molecule has 7 nitrogen and oxygen atoms in total. The Kier molecular flexibility index (Phi) is 9.98. The number of hydrogen-bond donors (Lipinski definition) is 0. The molecule has 1 aromatic heterocycles. The van der Waals surface area contributed by atoms with E-state index in [0.717, 1.165) is 43.1 Å². The van der Waals surface area contributed by atoms with Gasteiger partial charge in [-0.15, -0.1) is 0 Å². The number of benzene rings is 2. The molecule has 4 rings (SSSR count). The van der Waals surface area contributed by atoms with Crippen molar-refractivity contribution in [1.82, 2.24) is 14.7 Å². The number of nitrogens with zero attached hydrogens (tertiary/aromatic N) is 3. The Morgan fingerprint density at radius 1 is 0.895 bits per heavy atom. The molecule has 202 valence electrons. The standard InChI is InChI=1S/C31H39N3O4/c1-25-11-14-29(38-25)23-33(20-17-26-9-5-3-6-10-26)30(35)24-34(22-21-32-18-7-4-8-19-32)31(36)27-12-15-28(37-2)16-13-27/h3,5-6,9-16H,4,7-8,17-24H2,1-2H3. The molecule has 1 aliphatic heterocycles. The van der Waals surface area contributed by atoms with Gasteiger partial charge in [0.25, 0.3) is 5.91 Å². The summed E-state index contributed by atoms with van der Waals surface area (Å²) in [5, 5.41) is 0. The van der Waals surface area contributed by atoms with Gasteiger partial charge in [-0.25, -0.2) is 0 Å². The maximum Gasteiger partial charge on any atom is 0.254 e. The van der Waals surface area contributed by atoms with Crippen LogP contribution in [0, 0.1) is 6.92 Å². The summed E-state index contributed by atoms with van der Waals surface area (Å²) in [6.45, 7) is 6.18. The Morgan fingerprint density at radius 2 is 1.63 bits per heavy atom. The SMILES string of the molecule is COc1ccc(C(=O)N(CCN2CCCCC2)CC(=O)N(CCc2ccccc2)Cc2ccc(C)o2)cc1. The van der Waals surface area contributed by atoms with Crippen molar-refractivity contribution in [2.24, 2.45) is 0 Å². The van der Waals surface area contributed by atoms with Crippen LogP contribution in [0.4, 0.5) is 0 Å². The van der Waals surface area contributed by atoms with Crippen molar-refractivity contribution in [1.29, 1.82) is 0 Å². The van der Waals surface area contributed by atoms with Gasteiger partial charge >= 0.3 is 0 Å². The van der Waals surface area contributed by atoms with Crippen molar-refractivity contribution < 1.29 is 18.7 Å². The summed E-state index contributed by atoms with van der Waals surface area (Å²) in [7, 11) is 1.60. The second-order valence-corrected chi connectivity index (χ2v) is 9.92. The molecule has 2 heterocycles. The van der Waals surface area contributed by atoms with Gasteiger partial charge < -0.3 is 23.9 Å². The van der Waals surface area contributed by atoms with Gasteiger partial charge in [0.2, 0.25) is 5.91 Å². The molecule has 0 N–H and O–H groups in total. The maximum atomic E-state index is 13.7. The number of furan rings is 1. The smallest absolute Gasteiger partial charge is 0.254 e. The highest BCUT2D eigenvalue weighted by molar-refractivity contribution is 5.96. The molecule has 2 aromatic carbocycles. The quantitative estimate of drug-likeness (QED) is 0.345. The molecule has 7 heteroatoms. The molecule has 1 aliphatic rings. The summed E-state index contributed by atoms with van der Waals surface area (Å²) in [5.41, 5.74) is 1.71. The first-order valence-corrected chi connectivity index (χ1v) is 13.5. The van der Waals surface area contributed by atoms with E-state index in [1.54, 1.807) is 41.2 Å². The summed E-state index contributed by atoms with van der Waals surface area (Å²) in [6, 6.07) is 21.0. The third-order valence-electron chi connectivity index (χ3n) is 7.09. The molecule has 0 bridgehead atoms. The van der Waals surface area contributed by atoms with Crippen molar-refractivity contribution in [2.45, 2.75) is 39.2 Å². The third kappa shape index (κ3) is 7.96. The fourth-order valence-corrected chi connectivity index (χ4v) is 4.84. The molecule has 2 amide bonds. The number of carbonyl (C=O) groups excluding carboxylic acids is 2. The Bertz CT molecular complexity index is 1150. The normalized spacial score (nSPS) is 13.7. The van der Waals surface area contributed by atoms with Crippen molar-refractivity contribution in [2.75, 3.05) is 46.4 Å². The summed E-state index contributed by atoms with van der Waals surface area (Å²) < 4.78 is 11.0. The van der Waals surface area contributed by atoms with E-state index in [-0.39, 0.29) is 18.4 Å². The highest BCUT2D eigenvalue weighted by Gasteiger charge is 2.24. The summed E-state index contributed by atoms with van der Waals surface area (Å²) in [4.78, 5) is 33.2. The summed E-state index contributed by atoms with van der Waals surface area (Å²) in [6.07, 6.45) is 4.35. The van der Waals surface area contributed by atoms with Crippen LogP contribution in [0.15, 0.2) is 71.1 Å².